The molecule has 1 unspecified atom stereocenters. The second-order valence-electron chi connectivity index (χ2n) is 22.1. The minimum atomic E-state index is -0.280. The number of para-hydroxylation sites is 4. The molecule has 8 heteroatoms. The molecule has 0 radical (unpaired) electrons. The van der Waals surface area contributed by atoms with E-state index in [1.54, 1.807) is 0 Å². The number of aromatic nitrogens is 2. The first kappa shape index (κ1) is 56.5. The second-order valence-corrected chi connectivity index (χ2v) is 22.1. The van der Waals surface area contributed by atoms with Crippen LogP contribution in [-0.4, -0.2) is 42.5 Å². The van der Waals surface area contributed by atoms with E-state index >= 15 is 0 Å². The molecule has 0 bridgehead atoms. The highest BCUT2D eigenvalue weighted by molar-refractivity contribution is 6.23. The Morgan fingerprint density at radius 1 is 0.333 bits per heavy atom. The number of rotatable bonds is 20. The van der Waals surface area contributed by atoms with Crippen LogP contribution in [0.25, 0.3) is 71.7 Å². The minimum Gasteiger partial charge on any atom is -0.491 e. The fourth-order valence-corrected chi connectivity index (χ4v) is 11.8. The molecule has 1 aromatic heterocycles. The van der Waals surface area contributed by atoms with Gasteiger partial charge in [-0.05, 0) is 167 Å². The molecule has 0 amide bonds. The molecule has 0 saturated carbocycles. The molecule has 90 heavy (non-hydrogen) atoms. The van der Waals surface area contributed by atoms with Crippen LogP contribution in [0.4, 0.5) is 34.1 Å². The third-order valence-electron chi connectivity index (χ3n) is 16.2. The van der Waals surface area contributed by atoms with E-state index in [2.05, 4.69) is 265 Å². The van der Waals surface area contributed by atoms with E-state index in [4.69, 9.17) is 28.9 Å². The second kappa shape index (κ2) is 26.3. The van der Waals surface area contributed by atoms with Crippen molar-refractivity contribution in [3.05, 3.63) is 327 Å². The van der Waals surface area contributed by atoms with Gasteiger partial charge in [0.25, 0.3) is 0 Å². The van der Waals surface area contributed by atoms with Gasteiger partial charge in [-0.1, -0.05) is 194 Å². The van der Waals surface area contributed by atoms with E-state index in [0.717, 1.165) is 134 Å². The number of benzene rings is 12. The highest BCUT2D eigenvalue weighted by Crippen LogP contribution is 2.41. The Morgan fingerprint density at radius 2 is 0.711 bits per heavy atom. The van der Waals surface area contributed by atoms with Gasteiger partial charge in [0.1, 0.15) is 37.1 Å². The van der Waals surface area contributed by atoms with Crippen molar-refractivity contribution in [3.63, 3.8) is 0 Å². The summed E-state index contributed by atoms with van der Waals surface area (Å²) in [5.74, 6) is 2.30. The SMILES string of the molecule is Cc1ccc2c3ccccc3c3nc(-c4ccc(OCCOc5ccc(-c6ccc(N(c7ccccc7)c7ccccc7)cc6)cc5)cc4)c(C4=CC=CC(OCCOc5ccc(-c6ccc(N(c7ccccc7)c7ccccc7)cc6)cc5)C=C4)nc3c2c1. The van der Waals surface area contributed by atoms with Crippen LogP contribution in [0.2, 0.25) is 0 Å². The molecule has 0 spiro atoms. The molecule has 436 valence electrons. The fraction of sp³-hybridized carbons (Fsp3) is 0.0732. The van der Waals surface area contributed by atoms with E-state index in [0.29, 0.717) is 26.4 Å². The maximum absolute atomic E-state index is 6.40. The standard InChI is InChI=1S/C82H64N4O4/c1-58-29-52-76-75-27-14-15-28-77(75)81-82(78(76)57-58)84-79(63-17-16-26-71(49-38-63)87-53-54-88-72-45-34-61(35-46-72)59-30-41-69(42-31-59)85(65-18-6-2-7-19-65)66-20-8-3-9-21-66)80(83-81)64-39-50-74(51-40-64)90-56-55-89-73-47-36-62(37-48-73)60-32-43-70(44-33-60)86(67-22-10-4-11-23-67)68-24-12-5-13-25-68/h2-52,57,71H,53-56H2,1H3. The predicted molar refractivity (Wildman–Crippen MR) is 370 cm³/mol. The van der Waals surface area contributed by atoms with Gasteiger partial charge in [0, 0.05) is 56.0 Å². The molecule has 1 atom stereocenters. The summed E-state index contributed by atoms with van der Waals surface area (Å²) in [5.41, 5.74) is 17.3. The van der Waals surface area contributed by atoms with E-state index in [9.17, 15) is 0 Å². The van der Waals surface area contributed by atoms with Crippen LogP contribution in [0.1, 0.15) is 11.3 Å². The van der Waals surface area contributed by atoms with Crippen molar-refractivity contribution in [1.82, 2.24) is 9.97 Å². The topological polar surface area (TPSA) is 69.2 Å². The van der Waals surface area contributed by atoms with Crippen LogP contribution < -0.4 is 24.0 Å². The molecule has 0 N–H and O–H groups in total. The Bertz CT molecular complexity index is 4600. The van der Waals surface area contributed by atoms with E-state index in [-0.39, 0.29) is 6.10 Å². The molecule has 0 fully saturated rings. The first-order valence-corrected chi connectivity index (χ1v) is 30.5. The van der Waals surface area contributed by atoms with Crippen molar-refractivity contribution in [2.75, 3.05) is 36.2 Å². The number of hydrogen-bond donors (Lipinski definition) is 0. The first-order chi connectivity index (χ1) is 44.5. The first-order valence-electron chi connectivity index (χ1n) is 30.5. The maximum Gasteiger partial charge on any atom is 0.122 e. The monoisotopic (exact) mass is 1170 g/mol. The zero-order chi connectivity index (χ0) is 60.4. The number of nitrogens with zero attached hydrogens (tertiary/aromatic N) is 4. The Balaban J connectivity index is 0.627. The Morgan fingerprint density at radius 3 is 1.19 bits per heavy atom. The zero-order valence-electron chi connectivity index (χ0n) is 49.8. The summed E-state index contributed by atoms with van der Waals surface area (Å²) in [4.78, 5) is 15.6. The summed E-state index contributed by atoms with van der Waals surface area (Å²) < 4.78 is 25.0. The quantitative estimate of drug-likeness (QED) is 0.0552. The van der Waals surface area contributed by atoms with E-state index in [1.807, 2.05) is 66.7 Å². The maximum atomic E-state index is 6.40. The van der Waals surface area contributed by atoms with Gasteiger partial charge in [0.05, 0.1) is 35.1 Å². The molecular formula is C82H64N4O4. The normalized spacial score (nSPS) is 12.8. The molecule has 1 aliphatic carbocycles. The summed E-state index contributed by atoms with van der Waals surface area (Å²) in [7, 11) is 0. The van der Waals surface area contributed by atoms with Crippen LogP contribution in [0.15, 0.2) is 315 Å². The van der Waals surface area contributed by atoms with Gasteiger partial charge < -0.3 is 28.7 Å². The lowest BCUT2D eigenvalue weighted by molar-refractivity contribution is 0.0848. The highest BCUT2D eigenvalue weighted by Gasteiger charge is 2.21. The van der Waals surface area contributed by atoms with Crippen molar-refractivity contribution in [1.29, 1.82) is 0 Å². The summed E-state index contributed by atoms with van der Waals surface area (Å²) in [6.45, 7) is 3.67. The van der Waals surface area contributed by atoms with Crippen LogP contribution in [0.3, 0.4) is 0 Å². The highest BCUT2D eigenvalue weighted by atomic mass is 16.5. The smallest absolute Gasteiger partial charge is 0.122 e. The Kier molecular flexibility index (Phi) is 16.5. The average molecular weight is 1170 g/mol. The fourth-order valence-electron chi connectivity index (χ4n) is 11.8. The molecule has 1 aliphatic rings. The van der Waals surface area contributed by atoms with Gasteiger partial charge in [-0.15, -0.1) is 0 Å². The van der Waals surface area contributed by atoms with Gasteiger partial charge in [-0.25, -0.2) is 9.97 Å². The van der Waals surface area contributed by atoms with Gasteiger partial charge in [0.15, 0.2) is 0 Å². The van der Waals surface area contributed by atoms with Crippen molar-refractivity contribution in [2.24, 2.45) is 0 Å². The molecular weight excluding hydrogens is 1100 g/mol. The lowest BCUT2D eigenvalue weighted by Crippen LogP contribution is -2.13. The van der Waals surface area contributed by atoms with Crippen molar-refractivity contribution >= 4 is 72.3 Å². The summed E-state index contributed by atoms with van der Waals surface area (Å²) in [5, 5.41) is 4.41. The van der Waals surface area contributed by atoms with Gasteiger partial charge in [-0.3, -0.25) is 0 Å². The molecule has 12 aromatic carbocycles. The van der Waals surface area contributed by atoms with Crippen LogP contribution in [-0.2, 0) is 4.74 Å². The minimum absolute atomic E-state index is 0.280. The summed E-state index contributed by atoms with van der Waals surface area (Å²) in [6, 6.07) is 98.8. The zero-order valence-corrected chi connectivity index (χ0v) is 49.8. The third kappa shape index (κ3) is 12.5. The number of allylic oxidation sites excluding steroid dienone is 4. The number of fused-ring (bicyclic) bond motifs is 6. The van der Waals surface area contributed by atoms with Gasteiger partial charge >= 0.3 is 0 Å². The number of aryl methyl sites for hydroxylation is 1. The van der Waals surface area contributed by atoms with Crippen LogP contribution in [0.5, 0.6) is 17.2 Å². The van der Waals surface area contributed by atoms with Crippen molar-refractivity contribution < 1.29 is 18.9 Å². The molecule has 0 saturated heterocycles. The predicted octanol–water partition coefficient (Wildman–Crippen LogP) is 20.6. The molecule has 14 rings (SSSR count). The van der Waals surface area contributed by atoms with Crippen molar-refractivity contribution in [3.8, 4) is 50.8 Å². The van der Waals surface area contributed by atoms with E-state index < -0.39 is 0 Å². The Labute approximate surface area is 525 Å². The van der Waals surface area contributed by atoms with Crippen LogP contribution in [0, 0.1) is 6.92 Å². The van der Waals surface area contributed by atoms with Gasteiger partial charge in [-0.2, -0.15) is 0 Å². The van der Waals surface area contributed by atoms with Crippen LogP contribution >= 0.6 is 0 Å². The summed E-state index contributed by atoms with van der Waals surface area (Å²) >= 11 is 0. The third-order valence-corrected chi connectivity index (χ3v) is 16.2. The molecule has 8 nitrogen and oxygen atoms in total. The molecule has 1 heterocycles. The lowest BCUT2D eigenvalue weighted by atomic mass is 9.96. The number of ether oxygens (including phenoxy) is 4. The molecule has 13 aromatic rings. The van der Waals surface area contributed by atoms with Gasteiger partial charge in [0.2, 0.25) is 0 Å². The van der Waals surface area contributed by atoms with E-state index in [1.165, 1.54) is 0 Å². The van der Waals surface area contributed by atoms with Crippen molar-refractivity contribution in [2.45, 2.75) is 13.0 Å². The largest absolute Gasteiger partial charge is 0.491 e. The number of anilines is 6. The number of hydrogen-bond acceptors (Lipinski definition) is 8. The lowest BCUT2D eigenvalue weighted by Gasteiger charge is -2.25. The Hall–Kier alpha value is -11.3. The summed E-state index contributed by atoms with van der Waals surface area (Å²) in [6.07, 6.45) is 10.1. The molecule has 0 aliphatic heterocycles. The average Bonchev–Trinajstić information content (AvgIpc) is 0.866.